The lowest BCUT2D eigenvalue weighted by Gasteiger charge is -2.08. The molecular formula is C22H22ClN3O2. The highest BCUT2D eigenvalue weighted by Gasteiger charge is 2.05. The molecule has 0 aliphatic carbocycles. The number of nitrogens with one attached hydrogen (secondary N) is 2. The van der Waals surface area contributed by atoms with Gasteiger partial charge in [-0.15, -0.1) is 0 Å². The van der Waals surface area contributed by atoms with E-state index in [1.54, 1.807) is 25.4 Å². The molecule has 1 amide bonds. The Morgan fingerprint density at radius 1 is 1.00 bits per heavy atom. The Balaban J connectivity index is 1.44. The molecule has 2 aromatic carbocycles. The Hall–Kier alpha value is -3.05. The Labute approximate surface area is 169 Å². The largest absolute Gasteiger partial charge is 0.497 e. The minimum absolute atomic E-state index is 0.0932. The van der Waals surface area contributed by atoms with Gasteiger partial charge in [-0.05, 0) is 53.9 Å². The summed E-state index contributed by atoms with van der Waals surface area (Å²) in [6.45, 7) is 0.765. The third-order valence-electron chi connectivity index (χ3n) is 4.20. The average molecular weight is 396 g/mol. The summed E-state index contributed by atoms with van der Waals surface area (Å²) < 4.78 is 5.16. The zero-order valence-electron chi connectivity index (χ0n) is 15.6. The van der Waals surface area contributed by atoms with Crippen LogP contribution in [-0.2, 0) is 17.6 Å². The van der Waals surface area contributed by atoms with Gasteiger partial charge in [0.05, 0.1) is 25.4 Å². The van der Waals surface area contributed by atoms with Crippen molar-refractivity contribution in [1.29, 1.82) is 0 Å². The fourth-order valence-electron chi connectivity index (χ4n) is 2.69. The summed E-state index contributed by atoms with van der Waals surface area (Å²) in [5.41, 5.74) is 2.80. The molecule has 2 N–H and O–H groups in total. The van der Waals surface area contributed by atoms with Crippen LogP contribution >= 0.6 is 11.6 Å². The number of pyridine rings is 1. The molecule has 0 atom stereocenters. The molecule has 0 bridgehead atoms. The maximum Gasteiger partial charge on any atom is 0.228 e. The van der Waals surface area contributed by atoms with Crippen LogP contribution in [0.5, 0.6) is 5.75 Å². The summed E-state index contributed by atoms with van der Waals surface area (Å²) in [7, 11) is 1.66. The average Bonchev–Trinajstić information content (AvgIpc) is 2.71. The van der Waals surface area contributed by atoms with E-state index in [0.29, 0.717) is 17.1 Å². The molecule has 1 aromatic heterocycles. The maximum absolute atomic E-state index is 12.1. The number of carbonyl (C=O) groups excluding carboxylic acids is 1. The van der Waals surface area contributed by atoms with E-state index in [-0.39, 0.29) is 5.91 Å². The highest BCUT2D eigenvalue weighted by atomic mass is 35.5. The molecule has 0 unspecified atom stereocenters. The Morgan fingerprint density at radius 2 is 1.71 bits per heavy atom. The van der Waals surface area contributed by atoms with E-state index in [1.165, 1.54) is 5.56 Å². The third kappa shape index (κ3) is 5.99. The molecule has 1 heterocycles. The molecule has 28 heavy (non-hydrogen) atoms. The van der Waals surface area contributed by atoms with Crippen molar-refractivity contribution in [3.05, 3.63) is 83.0 Å². The fourth-order valence-corrected chi connectivity index (χ4v) is 2.82. The lowest BCUT2D eigenvalue weighted by atomic mass is 10.1. The Bertz CT molecular complexity index is 895. The minimum Gasteiger partial charge on any atom is -0.497 e. The van der Waals surface area contributed by atoms with Crippen molar-refractivity contribution >= 4 is 29.0 Å². The molecule has 0 aliphatic rings. The van der Waals surface area contributed by atoms with Crippen molar-refractivity contribution in [2.75, 3.05) is 24.3 Å². The van der Waals surface area contributed by atoms with Crippen molar-refractivity contribution < 1.29 is 9.53 Å². The summed E-state index contributed by atoms with van der Waals surface area (Å²) in [6.07, 6.45) is 2.82. The number of amides is 1. The molecule has 6 heteroatoms. The summed E-state index contributed by atoms with van der Waals surface area (Å²) >= 11 is 5.86. The van der Waals surface area contributed by atoms with Gasteiger partial charge in [-0.1, -0.05) is 35.9 Å². The zero-order chi connectivity index (χ0) is 19.8. The standard InChI is InChI=1S/C22H22ClN3O2/c1-28-20-9-4-16(5-10-20)12-13-24-21-11-8-19(15-25-21)26-22(27)14-17-2-6-18(23)7-3-17/h2-11,15H,12-14H2,1H3,(H,24,25)(H,26,27). The maximum atomic E-state index is 12.1. The van der Waals surface area contributed by atoms with Gasteiger partial charge in [0, 0.05) is 11.6 Å². The molecule has 3 rings (SSSR count). The molecule has 144 valence electrons. The van der Waals surface area contributed by atoms with Gasteiger partial charge in [-0.2, -0.15) is 0 Å². The Morgan fingerprint density at radius 3 is 2.36 bits per heavy atom. The highest BCUT2D eigenvalue weighted by molar-refractivity contribution is 6.30. The first kappa shape index (κ1) is 19.7. The zero-order valence-corrected chi connectivity index (χ0v) is 16.4. The predicted octanol–water partition coefficient (Wildman–Crippen LogP) is 4.58. The van der Waals surface area contributed by atoms with E-state index in [4.69, 9.17) is 16.3 Å². The van der Waals surface area contributed by atoms with Crippen molar-refractivity contribution in [3.63, 3.8) is 0 Å². The second-order valence-corrected chi connectivity index (χ2v) is 6.74. The summed E-state index contributed by atoms with van der Waals surface area (Å²) in [5, 5.41) is 6.79. The molecule has 0 fully saturated rings. The van der Waals surface area contributed by atoms with Gasteiger partial charge in [-0.25, -0.2) is 4.98 Å². The van der Waals surface area contributed by atoms with Crippen LogP contribution in [0.4, 0.5) is 11.5 Å². The summed E-state index contributed by atoms with van der Waals surface area (Å²) in [4.78, 5) is 16.5. The lowest BCUT2D eigenvalue weighted by Crippen LogP contribution is -2.14. The molecule has 0 aliphatic heterocycles. The molecule has 0 saturated carbocycles. The summed E-state index contributed by atoms with van der Waals surface area (Å²) in [6, 6.07) is 18.9. The SMILES string of the molecule is COc1ccc(CCNc2ccc(NC(=O)Cc3ccc(Cl)cc3)cn2)cc1. The predicted molar refractivity (Wildman–Crippen MR) is 113 cm³/mol. The van der Waals surface area contributed by atoms with Gasteiger partial charge in [0.1, 0.15) is 11.6 Å². The number of hydrogen-bond donors (Lipinski definition) is 2. The normalized spacial score (nSPS) is 10.4. The number of ether oxygens (including phenoxy) is 1. The van der Waals surface area contributed by atoms with Crippen LogP contribution in [0.3, 0.4) is 0 Å². The van der Waals surface area contributed by atoms with Crippen LogP contribution in [0.2, 0.25) is 5.02 Å². The van der Waals surface area contributed by atoms with E-state index < -0.39 is 0 Å². The van der Waals surface area contributed by atoms with E-state index in [9.17, 15) is 4.79 Å². The van der Waals surface area contributed by atoms with E-state index in [2.05, 4.69) is 15.6 Å². The van der Waals surface area contributed by atoms with E-state index in [0.717, 1.165) is 30.1 Å². The number of hydrogen-bond acceptors (Lipinski definition) is 4. The molecule has 0 saturated heterocycles. The molecular weight excluding hydrogens is 374 g/mol. The van der Waals surface area contributed by atoms with Gasteiger partial charge in [0.25, 0.3) is 0 Å². The van der Waals surface area contributed by atoms with Gasteiger partial charge >= 0.3 is 0 Å². The number of anilines is 2. The highest BCUT2D eigenvalue weighted by Crippen LogP contribution is 2.14. The van der Waals surface area contributed by atoms with Crippen molar-refractivity contribution in [1.82, 2.24) is 4.98 Å². The van der Waals surface area contributed by atoms with Crippen LogP contribution in [0.25, 0.3) is 0 Å². The van der Waals surface area contributed by atoms with Gasteiger partial charge in [0.2, 0.25) is 5.91 Å². The minimum atomic E-state index is -0.0932. The van der Waals surface area contributed by atoms with Crippen molar-refractivity contribution in [3.8, 4) is 5.75 Å². The number of carbonyl (C=O) groups is 1. The van der Waals surface area contributed by atoms with E-state index in [1.807, 2.05) is 48.5 Å². The number of aromatic nitrogens is 1. The first-order valence-electron chi connectivity index (χ1n) is 8.99. The quantitative estimate of drug-likeness (QED) is 0.586. The van der Waals surface area contributed by atoms with Crippen LogP contribution in [0.1, 0.15) is 11.1 Å². The van der Waals surface area contributed by atoms with Crippen molar-refractivity contribution in [2.45, 2.75) is 12.8 Å². The number of benzene rings is 2. The second-order valence-electron chi connectivity index (χ2n) is 6.31. The monoisotopic (exact) mass is 395 g/mol. The van der Waals surface area contributed by atoms with Gasteiger partial charge in [-0.3, -0.25) is 4.79 Å². The van der Waals surface area contributed by atoms with Crippen LogP contribution in [0.15, 0.2) is 66.9 Å². The van der Waals surface area contributed by atoms with Crippen LogP contribution < -0.4 is 15.4 Å². The summed E-state index contributed by atoms with van der Waals surface area (Å²) in [5.74, 6) is 1.53. The van der Waals surface area contributed by atoms with E-state index >= 15 is 0 Å². The van der Waals surface area contributed by atoms with Crippen LogP contribution in [-0.4, -0.2) is 24.5 Å². The number of halogens is 1. The number of nitrogens with zero attached hydrogens (tertiary/aromatic N) is 1. The van der Waals surface area contributed by atoms with Crippen molar-refractivity contribution in [2.24, 2.45) is 0 Å². The van der Waals surface area contributed by atoms with Gasteiger partial charge < -0.3 is 15.4 Å². The number of rotatable bonds is 8. The molecule has 0 spiro atoms. The third-order valence-corrected chi connectivity index (χ3v) is 4.46. The van der Waals surface area contributed by atoms with Gasteiger partial charge in [0.15, 0.2) is 0 Å². The van der Waals surface area contributed by atoms with Crippen LogP contribution in [0, 0.1) is 0 Å². The topological polar surface area (TPSA) is 63.2 Å². The molecule has 0 radical (unpaired) electrons. The first-order chi connectivity index (χ1) is 13.6. The second kappa shape index (κ2) is 9.76. The fraction of sp³-hybridized carbons (Fsp3) is 0.182. The lowest BCUT2D eigenvalue weighted by molar-refractivity contribution is -0.115. The smallest absolute Gasteiger partial charge is 0.228 e. The number of methoxy groups -OCH3 is 1. The Kier molecular flexibility index (Phi) is 6.87. The molecule has 3 aromatic rings. The molecule has 5 nitrogen and oxygen atoms in total. The first-order valence-corrected chi connectivity index (χ1v) is 9.37.